The van der Waals surface area contributed by atoms with Crippen LogP contribution in [0.5, 0.6) is 0 Å². The predicted molar refractivity (Wildman–Crippen MR) is 130 cm³/mol. The van der Waals surface area contributed by atoms with Crippen molar-refractivity contribution in [2.24, 2.45) is 0 Å². The maximum Gasteiger partial charge on any atom is 0.0182 e. The van der Waals surface area contributed by atoms with E-state index in [0.717, 1.165) is 0 Å². The van der Waals surface area contributed by atoms with Crippen LogP contribution in [0, 0.1) is 0 Å². The molecular weight excluding hydrogens is 430 g/mol. The Morgan fingerprint density at radius 3 is 1.67 bits per heavy atom. The highest BCUT2D eigenvalue weighted by Crippen LogP contribution is 2.41. The molecule has 0 aliphatic heterocycles. The summed E-state index contributed by atoms with van der Waals surface area (Å²) in [6, 6.07) is 29.1. The molecule has 0 nitrogen and oxygen atoms in total. The first-order valence-electron chi connectivity index (χ1n) is 9.69. The third-order valence-corrected chi connectivity index (χ3v) is 10.7. The van der Waals surface area contributed by atoms with Gasteiger partial charge >= 0.3 is 0 Å². The molecule has 0 aromatic heterocycles. The fourth-order valence-electron chi connectivity index (χ4n) is 3.41. The van der Waals surface area contributed by atoms with Crippen LogP contribution in [0.4, 0.5) is 0 Å². The maximum absolute atomic E-state index is 3.75. The molecule has 0 heterocycles. The van der Waals surface area contributed by atoms with E-state index in [9.17, 15) is 0 Å². The minimum absolute atomic E-state index is 0.120. The van der Waals surface area contributed by atoms with E-state index in [1.165, 1.54) is 40.2 Å². The van der Waals surface area contributed by atoms with Gasteiger partial charge in [-0.1, -0.05) is 117 Å². The van der Waals surface area contributed by atoms with E-state index in [0.29, 0.717) is 0 Å². The van der Waals surface area contributed by atoms with E-state index >= 15 is 0 Å². The minimum atomic E-state index is -0.538. The summed E-state index contributed by atoms with van der Waals surface area (Å²) in [7, 11) is -0.658. The van der Waals surface area contributed by atoms with Gasteiger partial charge in [0.25, 0.3) is 0 Å². The molecule has 0 bridgehead atoms. The molecule has 140 valence electrons. The first-order valence-corrected chi connectivity index (χ1v) is 13.5. The second kappa shape index (κ2) is 10.5. The zero-order chi connectivity index (χ0) is 19.1. The lowest BCUT2D eigenvalue weighted by Gasteiger charge is -2.27. The molecule has 3 aromatic carbocycles. The summed E-state index contributed by atoms with van der Waals surface area (Å²) in [4.78, 5) is 0. The van der Waals surface area contributed by atoms with Gasteiger partial charge in [0, 0.05) is 4.47 Å². The third-order valence-electron chi connectivity index (χ3n) is 4.53. The van der Waals surface area contributed by atoms with E-state index in [2.05, 4.69) is 109 Å². The van der Waals surface area contributed by atoms with Gasteiger partial charge in [-0.25, -0.2) is 0 Å². The van der Waals surface area contributed by atoms with Crippen LogP contribution in [0.15, 0.2) is 83.3 Å². The summed E-state index contributed by atoms with van der Waals surface area (Å²) in [5.41, 5.74) is 0. The number of hydrogen-bond donors (Lipinski definition) is 0. The van der Waals surface area contributed by atoms with Crippen molar-refractivity contribution < 1.29 is 0 Å². The van der Waals surface area contributed by atoms with E-state index in [1.807, 2.05) is 0 Å². The molecule has 0 fully saturated rings. The number of benzene rings is 3. The highest BCUT2D eigenvalue weighted by atomic mass is 79.9. The fourth-order valence-corrected chi connectivity index (χ4v) is 9.49. The minimum Gasteiger partial charge on any atom is -0.0746 e. The largest absolute Gasteiger partial charge is 0.0746 e. The van der Waals surface area contributed by atoms with Gasteiger partial charge in [0.15, 0.2) is 0 Å². The Bertz CT molecular complexity index is 788. The topological polar surface area (TPSA) is 0 Å². The van der Waals surface area contributed by atoms with Crippen LogP contribution in [0.25, 0.3) is 0 Å². The average Bonchev–Trinajstić information content (AvgIpc) is 2.71. The zero-order valence-corrected chi connectivity index (χ0v) is 19.5. The second-order valence-corrected chi connectivity index (χ2v) is 12.2. The predicted octanol–water partition coefficient (Wildman–Crippen LogP) is 6.13. The lowest BCUT2D eigenvalue weighted by molar-refractivity contribution is 1.06. The van der Waals surface area contributed by atoms with Gasteiger partial charge in [0.1, 0.15) is 0 Å². The van der Waals surface area contributed by atoms with Gasteiger partial charge < -0.3 is 0 Å². The van der Waals surface area contributed by atoms with Crippen molar-refractivity contribution >= 4 is 53.0 Å². The summed E-state index contributed by atoms with van der Waals surface area (Å²) in [5, 5.41) is 6.01. The molecule has 0 saturated carbocycles. The molecule has 0 N–H and O–H groups in total. The highest BCUT2D eigenvalue weighted by molar-refractivity contribution is 9.10. The van der Waals surface area contributed by atoms with Crippen LogP contribution in [0.3, 0.4) is 0 Å². The van der Waals surface area contributed by atoms with Crippen molar-refractivity contribution in [3.05, 3.63) is 83.3 Å². The molecule has 0 aliphatic carbocycles. The normalized spacial score (nSPS) is 11.3. The summed E-state index contributed by atoms with van der Waals surface area (Å²) < 4.78 is 1.21. The van der Waals surface area contributed by atoms with Crippen molar-refractivity contribution in [1.29, 1.82) is 0 Å². The van der Waals surface area contributed by atoms with Crippen LogP contribution < -0.4 is 21.2 Å². The SMILES string of the molecule is CCCP(CCC)c1cc(Br)ccc1P(c1ccccc1)c1ccccc1. The molecular formula is C24H27BrP2. The molecule has 0 aliphatic rings. The Labute approximate surface area is 175 Å². The summed E-state index contributed by atoms with van der Waals surface area (Å²) in [5.74, 6) is 0. The van der Waals surface area contributed by atoms with Gasteiger partial charge in [0.05, 0.1) is 0 Å². The van der Waals surface area contributed by atoms with Crippen molar-refractivity contribution in [3.8, 4) is 0 Å². The number of hydrogen-bond acceptors (Lipinski definition) is 0. The van der Waals surface area contributed by atoms with Crippen LogP contribution in [0.2, 0.25) is 0 Å². The first-order chi connectivity index (χ1) is 13.2. The summed E-state index contributed by atoms with van der Waals surface area (Å²) in [6.45, 7) is 4.64. The van der Waals surface area contributed by atoms with E-state index in [4.69, 9.17) is 0 Å². The molecule has 3 rings (SSSR count). The molecule has 0 atom stereocenters. The lowest BCUT2D eigenvalue weighted by atomic mass is 10.3. The van der Waals surface area contributed by atoms with E-state index in [-0.39, 0.29) is 7.92 Å². The van der Waals surface area contributed by atoms with Gasteiger partial charge in [-0.3, -0.25) is 0 Å². The molecule has 0 radical (unpaired) electrons. The Morgan fingerprint density at radius 2 is 1.19 bits per heavy atom. The lowest BCUT2D eigenvalue weighted by Crippen LogP contribution is -2.31. The Balaban J connectivity index is 2.18. The van der Waals surface area contributed by atoms with Crippen LogP contribution in [-0.4, -0.2) is 12.3 Å². The standard InChI is InChI=1S/C24H27BrP2/c1-3-17-26(18-4-2)24-19-20(25)15-16-23(24)27(21-11-7-5-8-12-21)22-13-9-6-10-14-22/h5-16,19H,3-4,17-18H2,1-2H3. The molecule has 3 heteroatoms. The van der Waals surface area contributed by atoms with E-state index in [1.54, 1.807) is 10.6 Å². The molecule has 0 spiro atoms. The first kappa shape index (κ1) is 20.7. The van der Waals surface area contributed by atoms with Gasteiger partial charge in [-0.05, 0) is 53.6 Å². The van der Waals surface area contributed by atoms with Gasteiger partial charge in [-0.15, -0.1) is 0 Å². The monoisotopic (exact) mass is 456 g/mol. The Hall–Kier alpha value is -1.00. The average molecular weight is 457 g/mol. The molecule has 0 unspecified atom stereocenters. The van der Waals surface area contributed by atoms with Crippen molar-refractivity contribution in [1.82, 2.24) is 0 Å². The highest BCUT2D eigenvalue weighted by Gasteiger charge is 2.23. The van der Waals surface area contributed by atoms with Crippen LogP contribution in [-0.2, 0) is 0 Å². The zero-order valence-electron chi connectivity index (χ0n) is 16.1. The van der Waals surface area contributed by atoms with Gasteiger partial charge in [0.2, 0.25) is 0 Å². The smallest absolute Gasteiger partial charge is 0.0182 e. The molecule has 27 heavy (non-hydrogen) atoms. The second-order valence-electron chi connectivity index (χ2n) is 6.63. The van der Waals surface area contributed by atoms with Crippen molar-refractivity contribution in [2.75, 3.05) is 12.3 Å². The third kappa shape index (κ3) is 5.29. The number of halogens is 1. The molecule has 0 amide bonds. The van der Waals surface area contributed by atoms with E-state index < -0.39 is 7.92 Å². The Morgan fingerprint density at radius 1 is 0.667 bits per heavy atom. The van der Waals surface area contributed by atoms with Gasteiger partial charge in [-0.2, -0.15) is 0 Å². The fraction of sp³-hybridized carbons (Fsp3) is 0.250. The molecule has 0 saturated heterocycles. The Kier molecular flexibility index (Phi) is 8.07. The van der Waals surface area contributed by atoms with Crippen molar-refractivity contribution in [3.63, 3.8) is 0 Å². The van der Waals surface area contributed by atoms with Crippen molar-refractivity contribution in [2.45, 2.75) is 26.7 Å². The maximum atomic E-state index is 3.75. The summed E-state index contributed by atoms with van der Waals surface area (Å²) in [6.07, 6.45) is 5.15. The molecule has 3 aromatic rings. The number of rotatable bonds is 8. The quantitative estimate of drug-likeness (QED) is 0.357. The van der Waals surface area contributed by atoms with Crippen LogP contribution >= 0.6 is 31.8 Å². The van der Waals surface area contributed by atoms with Crippen LogP contribution in [0.1, 0.15) is 26.7 Å². The summed E-state index contributed by atoms with van der Waals surface area (Å²) >= 11 is 3.75.